The first kappa shape index (κ1) is 18.7. The average Bonchev–Trinajstić information content (AvgIpc) is 2.66. The van der Waals surface area contributed by atoms with Gasteiger partial charge in [-0.1, -0.05) is 24.3 Å². The van der Waals surface area contributed by atoms with Crippen LogP contribution in [-0.4, -0.2) is 18.9 Å². The van der Waals surface area contributed by atoms with Gasteiger partial charge >= 0.3 is 0 Å². The number of anilines is 1. The Labute approximate surface area is 152 Å². The number of nitriles is 1. The topological polar surface area (TPSA) is 91.2 Å². The van der Waals surface area contributed by atoms with Gasteiger partial charge in [-0.05, 0) is 41.5 Å². The molecule has 0 saturated carbocycles. The molecule has 0 unspecified atom stereocenters. The van der Waals surface area contributed by atoms with E-state index in [9.17, 15) is 9.59 Å². The van der Waals surface area contributed by atoms with E-state index in [-0.39, 0.29) is 18.2 Å². The Morgan fingerprint density at radius 3 is 2.42 bits per heavy atom. The number of nitrogens with one attached hydrogen (secondary N) is 2. The van der Waals surface area contributed by atoms with Crippen LogP contribution < -0.4 is 15.4 Å². The van der Waals surface area contributed by atoms with Crippen molar-refractivity contribution >= 4 is 23.6 Å². The van der Waals surface area contributed by atoms with Gasteiger partial charge in [-0.3, -0.25) is 9.59 Å². The highest BCUT2D eigenvalue weighted by Gasteiger charge is 2.01. The van der Waals surface area contributed by atoms with Gasteiger partial charge in [0, 0.05) is 18.3 Å². The summed E-state index contributed by atoms with van der Waals surface area (Å²) in [5.74, 6) is 0.208. The maximum Gasteiger partial charge on any atom is 0.248 e. The summed E-state index contributed by atoms with van der Waals surface area (Å²) >= 11 is 0. The highest BCUT2D eigenvalue weighted by atomic mass is 16.5. The number of hydrogen-bond donors (Lipinski definition) is 2. The maximum atomic E-state index is 12.0. The second kappa shape index (κ2) is 9.64. The van der Waals surface area contributed by atoms with E-state index in [0.29, 0.717) is 12.2 Å². The van der Waals surface area contributed by atoms with E-state index in [1.54, 1.807) is 43.5 Å². The molecule has 26 heavy (non-hydrogen) atoms. The second-order valence-electron chi connectivity index (χ2n) is 5.40. The lowest BCUT2D eigenvalue weighted by atomic mass is 10.2. The molecule has 0 fully saturated rings. The monoisotopic (exact) mass is 349 g/mol. The van der Waals surface area contributed by atoms with Crippen LogP contribution in [0.2, 0.25) is 0 Å². The van der Waals surface area contributed by atoms with Crippen molar-refractivity contribution in [3.05, 3.63) is 65.7 Å². The van der Waals surface area contributed by atoms with Crippen LogP contribution in [0.15, 0.2) is 54.6 Å². The molecule has 2 amide bonds. The van der Waals surface area contributed by atoms with Crippen LogP contribution in [0, 0.1) is 11.3 Å². The molecule has 2 rings (SSSR count). The molecule has 0 saturated heterocycles. The van der Waals surface area contributed by atoms with Crippen LogP contribution >= 0.6 is 0 Å². The van der Waals surface area contributed by atoms with Gasteiger partial charge in [-0.2, -0.15) is 5.26 Å². The predicted octanol–water partition coefficient (Wildman–Crippen LogP) is 2.88. The van der Waals surface area contributed by atoms with Gasteiger partial charge in [0.25, 0.3) is 0 Å². The third kappa shape index (κ3) is 6.13. The zero-order valence-corrected chi connectivity index (χ0v) is 14.4. The first-order chi connectivity index (χ1) is 12.6. The first-order valence-electron chi connectivity index (χ1n) is 7.96. The van der Waals surface area contributed by atoms with Crippen molar-refractivity contribution in [2.75, 3.05) is 12.4 Å². The SMILES string of the molecule is COc1ccc(/C=C/C(=O)Nc2ccc(CNC(=O)CC#N)cc2)cc1. The quantitative estimate of drug-likeness (QED) is 0.752. The number of benzene rings is 2. The minimum Gasteiger partial charge on any atom is -0.497 e. The van der Waals surface area contributed by atoms with Crippen LogP contribution in [-0.2, 0) is 16.1 Å². The third-order valence-electron chi connectivity index (χ3n) is 3.49. The molecule has 0 heterocycles. The van der Waals surface area contributed by atoms with Crippen molar-refractivity contribution in [3.63, 3.8) is 0 Å². The van der Waals surface area contributed by atoms with Crippen LogP contribution in [0.1, 0.15) is 17.5 Å². The largest absolute Gasteiger partial charge is 0.497 e. The standard InChI is InChI=1S/C20H19N3O3/c1-26-18-9-4-15(5-10-18)6-11-20(25)23-17-7-2-16(3-8-17)14-22-19(24)12-13-21/h2-11H,12,14H2,1H3,(H,22,24)(H,23,25)/b11-6+. The van der Waals surface area contributed by atoms with Gasteiger partial charge in [-0.15, -0.1) is 0 Å². The van der Waals surface area contributed by atoms with Crippen molar-refractivity contribution in [1.82, 2.24) is 5.32 Å². The molecule has 0 aromatic heterocycles. The summed E-state index contributed by atoms with van der Waals surface area (Å²) in [6.07, 6.45) is 3.01. The van der Waals surface area contributed by atoms with E-state index in [2.05, 4.69) is 10.6 Å². The predicted molar refractivity (Wildman–Crippen MR) is 99.2 cm³/mol. The summed E-state index contributed by atoms with van der Waals surface area (Å²) in [4.78, 5) is 23.2. The Kier molecular flexibility index (Phi) is 6.95. The normalized spacial score (nSPS) is 10.2. The van der Waals surface area contributed by atoms with E-state index >= 15 is 0 Å². The summed E-state index contributed by atoms with van der Waals surface area (Å²) in [6, 6.07) is 16.3. The molecule has 2 aromatic carbocycles. The summed E-state index contributed by atoms with van der Waals surface area (Å²) in [6.45, 7) is 0.339. The molecular weight excluding hydrogens is 330 g/mol. The molecule has 0 atom stereocenters. The molecule has 6 heteroatoms. The Balaban J connectivity index is 1.85. The number of rotatable bonds is 7. The first-order valence-corrected chi connectivity index (χ1v) is 7.96. The number of carbonyl (C=O) groups is 2. The minimum atomic E-state index is -0.312. The van der Waals surface area contributed by atoms with Crippen molar-refractivity contribution in [2.45, 2.75) is 13.0 Å². The molecule has 2 aromatic rings. The fraction of sp³-hybridized carbons (Fsp3) is 0.150. The lowest BCUT2D eigenvalue weighted by Crippen LogP contribution is -2.21. The lowest BCUT2D eigenvalue weighted by Gasteiger charge is -2.06. The summed E-state index contributed by atoms with van der Waals surface area (Å²) in [7, 11) is 1.60. The van der Waals surface area contributed by atoms with Crippen molar-refractivity contribution in [3.8, 4) is 11.8 Å². The van der Waals surface area contributed by atoms with Crippen LogP contribution in [0.25, 0.3) is 6.08 Å². The second-order valence-corrected chi connectivity index (χ2v) is 5.40. The summed E-state index contributed by atoms with van der Waals surface area (Å²) in [5.41, 5.74) is 2.42. The average molecular weight is 349 g/mol. The maximum absolute atomic E-state index is 12.0. The van der Waals surface area contributed by atoms with Crippen LogP contribution in [0.4, 0.5) is 5.69 Å². The third-order valence-corrected chi connectivity index (χ3v) is 3.49. The van der Waals surface area contributed by atoms with Gasteiger partial charge in [0.05, 0.1) is 13.2 Å². The van der Waals surface area contributed by atoms with Gasteiger partial charge in [0.15, 0.2) is 0 Å². The van der Waals surface area contributed by atoms with E-state index < -0.39 is 0 Å². The Morgan fingerprint density at radius 2 is 1.81 bits per heavy atom. The van der Waals surface area contributed by atoms with Gasteiger partial charge in [0.2, 0.25) is 11.8 Å². The van der Waals surface area contributed by atoms with E-state index in [1.165, 1.54) is 6.08 Å². The van der Waals surface area contributed by atoms with E-state index in [4.69, 9.17) is 10.00 Å². The summed E-state index contributed by atoms with van der Waals surface area (Å²) in [5, 5.41) is 13.8. The molecule has 0 bridgehead atoms. The Bertz CT molecular complexity index is 819. The molecule has 6 nitrogen and oxygen atoms in total. The lowest BCUT2D eigenvalue weighted by molar-refractivity contribution is -0.120. The van der Waals surface area contributed by atoms with Crippen molar-refractivity contribution < 1.29 is 14.3 Å². The van der Waals surface area contributed by atoms with Crippen LogP contribution in [0.5, 0.6) is 5.75 Å². The van der Waals surface area contributed by atoms with Gasteiger partial charge < -0.3 is 15.4 Å². The molecule has 0 aliphatic carbocycles. The van der Waals surface area contributed by atoms with Crippen molar-refractivity contribution in [1.29, 1.82) is 5.26 Å². The van der Waals surface area contributed by atoms with Gasteiger partial charge in [-0.25, -0.2) is 0 Å². The minimum absolute atomic E-state index is 0.158. The molecule has 0 spiro atoms. The highest BCUT2D eigenvalue weighted by molar-refractivity contribution is 6.01. The summed E-state index contributed by atoms with van der Waals surface area (Å²) < 4.78 is 5.09. The van der Waals surface area contributed by atoms with Crippen LogP contribution in [0.3, 0.4) is 0 Å². The molecular formula is C20H19N3O3. The smallest absolute Gasteiger partial charge is 0.248 e. The Hall–Kier alpha value is -3.59. The molecule has 132 valence electrons. The molecule has 0 aliphatic heterocycles. The van der Waals surface area contributed by atoms with Gasteiger partial charge in [0.1, 0.15) is 12.2 Å². The number of amides is 2. The number of nitrogens with zero attached hydrogens (tertiary/aromatic N) is 1. The molecule has 0 aliphatic rings. The van der Waals surface area contributed by atoms with Crippen molar-refractivity contribution in [2.24, 2.45) is 0 Å². The fourth-order valence-electron chi connectivity index (χ4n) is 2.11. The molecule has 0 radical (unpaired) electrons. The zero-order valence-electron chi connectivity index (χ0n) is 14.4. The number of methoxy groups -OCH3 is 1. The fourth-order valence-corrected chi connectivity index (χ4v) is 2.11. The van der Waals surface area contributed by atoms with E-state index in [0.717, 1.165) is 16.9 Å². The Morgan fingerprint density at radius 1 is 1.12 bits per heavy atom. The van der Waals surface area contributed by atoms with E-state index in [1.807, 2.05) is 24.3 Å². The number of carbonyl (C=O) groups excluding carboxylic acids is 2. The highest BCUT2D eigenvalue weighted by Crippen LogP contribution is 2.13. The zero-order chi connectivity index (χ0) is 18.8. The molecule has 2 N–H and O–H groups in total. The number of ether oxygens (including phenoxy) is 1. The number of hydrogen-bond acceptors (Lipinski definition) is 4.